The number of rotatable bonds is 5. The fraction of sp³-hybridized carbons (Fsp3) is 0.444. The Morgan fingerprint density at radius 2 is 2.12 bits per heavy atom. The molecule has 2 N–H and O–H groups in total. The van der Waals surface area contributed by atoms with Gasteiger partial charge in [-0.1, -0.05) is 12.1 Å². The molecule has 2 heterocycles. The molecule has 1 saturated heterocycles. The van der Waals surface area contributed by atoms with Gasteiger partial charge in [0.15, 0.2) is 0 Å². The summed E-state index contributed by atoms with van der Waals surface area (Å²) in [7, 11) is 0. The Labute approximate surface area is 146 Å². The standard InChI is InChI=1S/C18H23N3O2S/c1-13-20-15(12-24-13)11-21-8-6-14(7-9-21)10-19-18(23)16-4-2-3-5-17(16)22/h2-5,12,14,22H,6-11H2,1H3,(H,19,23). The number of aromatic nitrogens is 1. The second-order valence-corrected chi connectivity index (χ2v) is 7.37. The third kappa shape index (κ3) is 4.33. The van der Waals surface area contributed by atoms with Gasteiger partial charge in [0, 0.05) is 18.5 Å². The predicted octanol–water partition coefficient (Wildman–Crippen LogP) is 2.80. The summed E-state index contributed by atoms with van der Waals surface area (Å²) < 4.78 is 0. The van der Waals surface area contributed by atoms with Crippen molar-refractivity contribution in [2.75, 3.05) is 19.6 Å². The molecule has 1 amide bonds. The third-order valence-electron chi connectivity index (χ3n) is 4.46. The number of nitrogens with one attached hydrogen (secondary N) is 1. The molecule has 3 rings (SSSR count). The normalized spacial score (nSPS) is 16.2. The average molecular weight is 345 g/mol. The lowest BCUT2D eigenvalue weighted by molar-refractivity contribution is 0.0932. The second-order valence-electron chi connectivity index (χ2n) is 6.30. The Morgan fingerprint density at radius 3 is 2.79 bits per heavy atom. The van der Waals surface area contributed by atoms with Crippen molar-refractivity contribution in [1.29, 1.82) is 0 Å². The lowest BCUT2D eigenvalue weighted by Crippen LogP contribution is -2.38. The molecule has 1 aliphatic heterocycles. The van der Waals surface area contributed by atoms with E-state index in [1.807, 2.05) is 6.92 Å². The van der Waals surface area contributed by atoms with Gasteiger partial charge in [-0.15, -0.1) is 11.3 Å². The van der Waals surface area contributed by atoms with Crippen molar-refractivity contribution in [2.24, 2.45) is 5.92 Å². The number of benzene rings is 1. The van der Waals surface area contributed by atoms with E-state index >= 15 is 0 Å². The van der Waals surface area contributed by atoms with Crippen LogP contribution in [0.2, 0.25) is 0 Å². The van der Waals surface area contributed by atoms with E-state index in [0.29, 0.717) is 18.0 Å². The van der Waals surface area contributed by atoms with Crippen molar-refractivity contribution >= 4 is 17.2 Å². The number of aromatic hydroxyl groups is 1. The minimum absolute atomic E-state index is 0.0309. The van der Waals surface area contributed by atoms with E-state index in [0.717, 1.165) is 43.2 Å². The molecule has 1 fully saturated rings. The number of likely N-dealkylation sites (tertiary alicyclic amines) is 1. The first kappa shape index (κ1) is 16.9. The number of para-hydroxylation sites is 1. The van der Waals surface area contributed by atoms with Crippen LogP contribution < -0.4 is 5.32 Å². The number of phenols is 1. The highest BCUT2D eigenvalue weighted by atomic mass is 32.1. The molecule has 0 atom stereocenters. The molecule has 0 radical (unpaired) electrons. The topological polar surface area (TPSA) is 65.5 Å². The molecular weight excluding hydrogens is 322 g/mol. The van der Waals surface area contributed by atoms with E-state index in [1.54, 1.807) is 29.5 Å². The maximum Gasteiger partial charge on any atom is 0.255 e. The average Bonchev–Trinajstić information content (AvgIpc) is 2.99. The van der Waals surface area contributed by atoms with Crippen LogP contribution in [-0.4, -0.2) is 40.5 Å². The summed E-state index contributed by atoms with van der Waals surface area (Å²) in [5.74, 6) is 0.324. The maximum atomic E-state index is 12.1. The number of hydrogen-bond acceptors (Lipinski definition) is 5. The van der Waals surface area contributed by atoms with E-state index in [4.69, 9.17) is 0 Å². The summed E-state index contributed by atoms with van der Waals surface area (Å²) in [6.07, 6.45) is 2.15. The Kier molecular flexibility index (Phi) is 5.48. The molecule has 0 unspecified atom stereocenters. The molecule has 0 aliphatic carbocycles. The molecule has 0 saturated carbocycles. The monoisotopic (exact) mass is 345 g/mol. The zero-order chi connectivity index (χ0) is 16.9. The van der Waals surface area contributed by atoms with Crippen molar-refractivity contribution in [3.63, 3.8) is 0 Å². The molecule has 1 aliphatic rings. The summed E-state index contributed by atoms with van der Waals surface area (Å²) in [6.45, 7) is 5.69. The van der Waals surface area contributed by atoms with Gasteiger partial charge in [-0.3, -0.25) is 9.69 Å². The van der Waals surface area contributed by atoms with Crippen LogP contribution in [0.25, 0.3) is 0 Å². The van der Waals surface area contributed by atoms with Gasteiger partial charge in [0.1, 0.15) is 5.75 Å². The van der Waals surface area contributed by atoms with E-state index < -0.39 is 0 Å². The van der Waals surface area contributed by atoms with Gasteiger partial charge in [-0.25, -0.2) is 4.98 Å². The first-order valence-corrected chi connectivity index (χ1v) is 9.19. The fourth-order valence-electron chi connectivity index (χ4n) is 3.06. The molecule has 0 spiro atoms. The Bertz CT molecular complexity index is 693. The van der Waals surface area contributed by atoms with Crippen LogP contribution in [0.1, 0.15) is 33.9 Å². The number of carbonyl (C=O) groups is 1. The highest BCUT2D eigenvalue weighted by molar-refractivity contribution is 7.09. The van der Waals surface area contributed by atoms with E-state index in [9.17, 15) is 9.90 Å². The minimum Gasteiger partial charge on any atom is -0.507 e. The number of phenolic OH excluding ortho intramolecular Hbond substituents is 1. The van der Waals surface area contributed by atoms with Crippen LogP contribution in [0.5, 0.6) is 5.75 Å². The third-order valence-corrected chi connectivity index (χ3v) is 5.28. The molecule has 6 heteroatoms. The molecule has 5 nitrogen and oxygen atoms in total. The Hall–Kier alpha value is -1.92. The van der Waals surface area contributed by atoms with Crippen LogP contribution in [0.3, 0.4) is 0 Å². The van der Waals surface area contributed by atoms with Crippen molar-refractivity contribution in [2.45, 2.75) is 26.3 Å². The number of aryl methyl sites for hydroxylation is 1. The van der Waals surface area contributed by atoms with Crippen LogP contribution >= 0.6 is 11.3 Å². The lowest BCUT2D eigenvalue weighted by atomic mass is 9.96. The van der Waals surface area contributed by atoms with Crippen molar-refractivity contribution in [1.82, 2.24) is 15.2 Å². The Balaban J connectivity index is 1.42. The maximum absolute atomic E-state index is 12.1. The van der Waals surface area contributed by atoms with E-state index in [2.05, 4.69) is 20.6 Å². The molecule has 128 valence electrons. The van der Waals surface area contributed by atoms with Gasteiger partial charge in [0.2, 0.25) is 0 Å². The number of thiazole rings is 1. The molecule has 0 bridgehead atoms. The van der Waals surface area contributed by atoms with E-state index in [1.165, 1.54) is 6.07 Å². The van der Waals surface area contributed by atoms with Crippen LogP contribution in [0, 0.1) is 12.8 Å². The van der Waals surface area contributed by atoms with Crippen LogP contribution in [0.15, 0.2) is 29.6 Å². The molecule has 2 aromatic rings. The van der Waals surface area contributed by atoms with Crippen molar-refractivity contribution in [3.05, 3.63) is 45.9 Å². The van der Waals surface area contributed by atoms with Gasteiger partial charge in [0.25, 0.3) is 5.91 Å². The summed E-state index contributed by atoms with van der Waals surface area (Å²) in [6, 6.07) is 6.65. The number of carbonyl (C=O) groups excluding carboxylic acids is 1. The quantitative estimate of drug-likeness (QED) is 0.874. The zero-order valence-electron chi connectivity index (χ0n) is 13.9. The number of amides is 1. The fourth-order valence-corrected chi connectivity index (χ4v) is 3.66. The first-order chi connectivity index (χ1) is 11.6. The van der Waals surface area contributed by atoms with Crippen molar-refractivity contribution in [3.8, 4) is 5.75 Å². The number of nitrogens with zero attached hydrogens (tertiary/aromatic N) is 2. The summed E-state index contributed by atoms with van der Waals surface area (Å²) in [5.41, 5.74) is 1.50. The van der Waals surface area contributed by atoms with Gasteiger partial charge >= 0.3 is 0 Å². The van der Waals surface area contributed by atoms with E-state index in [-0.39, 0.29) is 11.7 Å². The number of hydrogen-bond donors (Lipinski definition) is 2. The van der Waals surface area contributed by atoms with Gasteiger partial charge in [0.05, 0.1) is 16.3 Å². The highest BCUT2D eigenvalue weighted by Crippen LogP contribution is 2.20. The van der Waals surface area contributed by atoms with Gasteiger partial charge in [-0.2, -0.15) is 0 Å². The molecular formula is C18H23N3O2S. The SMILES string of the molecule is Cc1nc(CN2CCC(CNC(=O)c3ccccc3O)CC2)cs1. The molecule has 24 heavy (non-hydrogen) atoms. The minimum atomic E-state index is -0.200. The molecule has 1 aromatic heterocycles. The van der Waals surface area contributed by atoms with Gasteiger partial charge in [-0.05, 0) is 50.9 Å². The van der Waals surface area contributed by atoms with Gasteiger partial charge < -0.3 is 10.4 Å². The van der Waals surface area contributed by atoms with Crippen molar-refractivity contribution < 1.29 is 9.90 Å². The van der Waals surface area contributed by atoms with Crippen LogP contribution in [-0.2, 0) is 6.54 Å². The zero-order valence-corrected chi connectivity index (χ0v) is 14.7. The Morgan fingerprint density at radius 1 is 1.38 bits per heavy atom. The second kappa shape index (κ2) is 7.77. The first-order valence-electron chi connectivity index (χ1n) is 8.31. The summed E-state index contributed by atoms with van der Waals surface area (Å²) in [4.78, 5) is 19.1. The highest BCUT2D eigenvalue weighted by Gasteiger charge is 2.21. The lowest BCUT2D eigenvalue weighted by Gasteiger charge is -2.31. The predicted molar refractivity (Wildman–Crippen MR) is 95.3 cm³/mol. The smallest absolute Gasteiger partial charge is 0.255 e. The summed E-state index contributed by atoms with van der Waals surface area (Å²) >= 11 is 1.70. The summed E-state index contributed by atoms with van der Waals surface area (Å²) in [5, 5.41) is 15.9. The number of piperidine rings is 1. The molecule has 1 aromatic carbocycles. The van der Waals surface area contributed by atoms with Crippen LogP contribution in [0.4, 0.5) is 0 Å². The largest absolute Gasteiger partial charge is 0.507 e.